The molecule has 0 saturated carbocycles. The largest absolute Gasteiger partial charge is 0.434 e. The second kappa shape index (κ2) is 3.74. The third-order valence-electron chi connectivity index (χ3n) is 1.60. The van der Waals surface area contributed by atoms with Gasteiger partial charge in [-0.2, -0.15) is 0 Å². The highest BCUT2D eigenvalue weighted by Gasteiger charge is 2.09. The first-order valence-electron chi connectivity index (χ1n) is 3.68. The van der Waals surface area contributed by atoms with Crippen LogP contribution in [-0.2, 0) is 0 Å². The number of benzene rings is 1. The summed E-state index contributed by atoms with van der Waals surface area (Å²) >= 11 is 7.93. The average molecular weight is 322 g/mol. The van der Waals surface area contributed by atoms with E-state index in [1.807, 2.05) is 6.07 Å². The highest BCUT2D eigenvalue weighted by molar-refractivity contribution is 14.1. The van der Waals surface area contributed by atoms with Gasteiger partial charge in [-0.3, -0.25) is 0 Å². The first kappa shape index (κ1) is 9.72. The Hall–Kier alpha value is -0.820. The maximum absolute atomic E-state index is 10.7. The van der Waals surface area contributed by atoms with E-state index in [9.17, 15) is 4.79 Å². The van der Waals surface area contributed by atoms with Gasteiger partial charge >= 0.3 is 5.76 Å². The SMILES string of the molecule is O=c1[nH]nc(-c2cc(Cl)ccc2I)o1. The lowest BCUT2D eigenvalue weighted by atomic mass is 10.2. The van der Waals surface area contributed by atoms with Crippen molar-refractivity contribution in [1.82, 2.24) is 10.2 Å². The quantitative estimate of drug-likeness (QED) is 0.820. The summed E-state index contributed by atoms with van der Waals surface area (Å²) in [6.45, 7) is 0. The van der Waals surface area contributed by atoms with Crippen molar-refractivity contribution in [3.05, 3.63) is 37.3 Å². The van der Waals surface area contributed by atoms with Gasteiger partial charge < -0.3 is 4.42 Å². The molecule has 14 heavy (non-hydrogen) atoms. The zero-order valence-corrected chi connectivity index (χ0v) is 9.67. The molecule has 2 rings (SSSR count). The van der Waals surface area contributed by atoms with Crippen molar-refractivity contribution in [2.75, 3.05) is 0 Å². The van der Waals surface area contributed by atoms with Gasteiger partial charge in [-0.25, -0.2) is 9.89 Å². The molecule has 0 radical (unpaired) electrons. The molecule has 1 aromatic heterocycles. The van der Waals surface area contributed by atoms with E-state index in [2.05, 4.69) is 32.8 Å². The Bertz CT molecular complexity index is 520. The Morgan fingerprint density at radius 3 is 2.93 bits per heavy atom. The second-order valence-electron chi connectivity index (χ2n) is 2.54. The van der Waals surface area contributed by atoms with E-state index in [-0.39, 0.29) is 5.89 Å². The van der Waals surface area contributed by atoms with Crippen molar-refractivity contribution < 1.29 is 4.42 Å². The highest BCUT2D eigenvalue weighted by atomic mass is 127. The molecule has 72 valence electrons. The summed E-state index contributed by atoms with van der Waals surface area (Å²) in [7, 11) is 0. The Morgan fingerprint density at radius 1 is 1.50 bits per heavy atom. The van der Waals surface area contributed by atoms with Gasteiger partial charge in [-0.15, -0.1) is 5.10 Å². The molecular weight excluding hydrogens is 318 g/mol. The smallest absolute Gasteiger partial charge is 0.388 e. The van der Waals surface area contributed by atoms with E-state index in [1.54, 1.807) is 12.1 Å². The monoisotopic (exact) mass is 322 g/mol. The fraction of sp³-hybridized carbons (Fsp3) is 0. The highest BCUT2D eigenvalue weighted by Crippen LogP contribution is 2.25. The Morgan fingerprint density at radius 2 is 2.29 bits per heavy atom. The molecule has 0 atom stereocenters. The first-order valence-corrected chi connectivity index (χ1v) is 5.13. The van der Waals surface area contributed by atoms with Gasteiger partial charge in [0.1, 0.15) is 0 Å². The molecule has 1 heterocycles. The maximum atomic E-state index is 10.7. The Balaban J connectivity index is 2.61. The van der Waals surface area contributed by atoms with Crippen LogP contribution in [0.3, 0.4) is 0 Å². The topological polar surface area (TPSA) is 58.9 Å². The van der Waals surface area contributed by atoms with Crippen molar-refractivity contribution in [3.63, 3.8) is 0 Å². The second-order valence-corrected chi connectivity index (χ2v) is 4.14. The maximum Gasteiger partial charge on any atom is 0.434 e. The van der Waals surface area contributed by atoms with Crippen molar-refractivity contribution in [1.29, 1.82) is 0 Å². The number of hydrogen-bond donors (Lipinski definition) is 1. The Kier molecular flexibility index (Phi) is 2.60. The molecule has 0 aliphatic heterocycles. The van der Waals surface area contributed by atoms with E-state index in [1.165, 1.54) is 0 Å². The standard InChI is InChI=1S/C8H4ClIN2O2/c9-4-1-2-6(10)5(3-4)7-11-12-8(13)14-7/h1-3H,(H,12,13). The normalized spacial score (nSPS) is 10.4. The van der Waals surface area contributed by atoms with Gasteiger partial charge in [-0.1, -0.05) is 11.6 Å². The van der Waals surface area contributed by atoms with E-state index >= 15 is 0 Å². The molecular formula is C8H4ClIN2O2. The molecule has 0 saturated heterocycles. The fourth-order valence-electron chi connectivity index (χ4n) is 1.01. The van der Waals surface area contributed by atoms with Gasteiger partial charge in [0.15, 0.2) is 0 Å². The summed E-state index contributed by atoms with van der Waals surface area (Å²) in [5, 5.41) is 6.49. The molecule has 0 bridgehead atoms. The lowest BCUT2D eigenvalue weighted by Gasteiger charge is -1.98. The first-order chi connectivity index (χ1) is 6.66. The minimum atomic E-state index is -0.573. The summed E-state index contributed by atoms with van der Waals surface area (Å²) in [6, 6.07) is 5.28. The minimum absolute atomic E-state index is 0.252. The predicted octanol–water partition coefficient (Wildman–Crippen LogP) is 2.29. The molecule has 0 spiro atoms. The molecule has 1 aromatic carbocycles. The van der Waals surface area contributed by atoms with Gasteiger partial charge in [0.25, 0.3) is 0 Å². The number of nitrogens with one attached hydrogen (secondary N) is 1. The lowest BCUT2D eigenvalue weighted by molar-refractivity contribution is 0.526. The summed E-state index contributed by atoms with van der Waals surface area (Å²) in [5.41, 5.74) is 0.705. The Labute approximate surface area is 97.4 Å². The van der Waals surface area contributed by atoms with Gasteiger partial charge in [0.05, 0.1) is 5.56 Å². The zero-order chi connectivity index (χ0) is 10.1. The van der Waals surface area contributed by atoms with E-state index in [0.717, 1.165) is 3.57 Å². The molecule has 0 aliphatic rings. The summed E-state index contributed by atoms with van der Waals surface area (Å²) in [6.07, 6.45) is 0. The van der Waals surface area contributed by atoms with E-state index in [4.69, 9.17) is 16.0 Å². The lowest BCUT2D eigenvalue weighted by Crippen LogP contribution is -1.93. The molecule has 0 aliphatic carbocycles. The summed E-state index contributed by atoms with van der Waals surface area (Å²) in [4.78, 5) is 10.7. The third kappa shape index (κ3) is 1.83. The van der Waals surface area contributed by atoms with Crippen LogP contribution < -0.4 is 5.76 Å². The van der Waals surface area contributed by atoms with Crippen molar-refractivity contribution in [2.24, 2.45) is 0 Å². The molecule has 2 aromatic rings. The number of aromatic nitrogens is 2. The van der Waals surface area contributed by atoms with E-state index < -0.39 is 5.76 Å². The molecule has 0 fully saturated rings. The number of H-pyrrole nitrogens is 1. The molecule has 0 amide bonds. The third-order valence-corrected chi connectivity index (χ3v) is 2.77. The van der Waals surface area contributed by atoms with Crippen molar-refractivity contribution in [2.45, 2.75) is 0 Å². The van der Waals surface area contributed by atoms with Crippen LogP contribution in [0, 0.1) is 3.57 Å². The fourth-order valence-corrected chi connectivity index (χ4v) is 1.74. The predicted molar refractivity (Wildman–Crippen MR) is 60.3 cm³/mol. The zero-order valence-electron chi connectivity index (χ0n) is 6.75. The van der Waals surface area contributed by atoms with Gasteiger partial charge in [0, 0.05) is 8.59 Å². The van der Waals surface area contributed by atoms with Crippen LogP contribution in [0.15, 0.2) is 27.4 Å². The van der Waals surface area contributed by atoms with Crippen LogP contribution in [-0.4, -0.2) is 10.2 Å². The van der Waals surface area contributed by atoms with Crippen LogP contribution in [0.5, 0.6) is 0 Å². The molecule has 4 nitrogen and oxygen atoms in total. The van der Waals surface area contributed by atoms with Crippen LogP contribution >= 0.6 is 34.2 Å². The number of halogens is 2. The molecule has 6 heteroatoms. The van der Waals surface area contributed by atoms with Crippen molar-refractivity contribution >= 4 is 34.2 Å². The van der Waals surface area contributed by atoms with Crippen molar-refractivity contribution in [3.8, 4) is 11.5 Å². The molecule has 0 unspecified atom stereocenters. The number of aromatic amines is 1. The van der Waals surface area contributed by atoms with Crippen LogP contribution in [0.1, 0.15) is 0 Å². The average Bonchev–Trinajstić information content (AvgIpc) is 2.56. The number of rotatable bonds is 1. The summed E-state index contributed by atoms with van der Waals surface area (Å²) < 4.78 is 5.74. The van der Waals surface area contributed by atoms with Crippen LogP contribution in [0.2, 0.25) is 5.02 Å². The van der Waals surface area contributed by atoms with E-state index in [0.29, 0.717) is 10.6 Å². The van der Waals surface area contributed by atoms with Gasteiger partial charge in [-0.05, 0) is 40.8 Å². The summed E-state index contributed by atoms with van der Waals surface area (Å²) in [5.74, 6) is -0.322. The number of hydrogen-bond acceptors (Lipinski definition) is 3. The minimum Gasteiger partial charge on any atom is -0.388 e. The van der Waals surface area contributed by atoms with Gasteiger partial charge in [0.2, 0.25) is 5.89 Å². The van der Waals surface area contributed by atoms with Crippen LogP contribution in [0.4, 0.5) is 0 Å². The van der Waals surface area contributed by atoms with Crippen LogP contribution in [0.25, 0.3) is 11.5 Å². The number of nitrogens with zero attached hydrogens (tertiary/aromatic N) is 1. The molecule has 1 N–H and O–H groups in total.